The second-order valence-electron chi connectivity index (χ2n) is 7.06. The number of hydrogen-bond donors (Lipinski definition) is 1. The molecule has 3 unspecified atom stereocenters. The van der Waals surface area contributed by atoms with Gasteiger partial charge in [-0.1, -0.05) is 23.7 Å². The predicted octanol–water partition coefficient (Wildman–Crippen LogP) is 3.55. The van der Waals surface area contributed by atoms with E-state index in [0.717, 1.165) is 31.5 Å². The molecule has 4 rings (SSSR count). The van der Waals surface area contributed by atoms with Crippen LogP contribution < -0.4 is 5.73 Å². The van der Waals surface area contributed by atoms with Gasteiger partial charge in [-0.05, 0) is 36.8 Å². The van der Waals surface area contributed by atoms with Crippen LogP contribution in [0, 0.1) is 11.8 Å². The highest BCUT2D eigenvalue weighted by Crippen LogP contribution is 2.37. The molecule has 1 aromatic heterocycles. The van der Waals surface area contributed by atoms with E-state index in [1.165, 1.54) is 0 Å². The molecule has 2 N–H and O–H groups in total. The Hall–Kier alpha value is -1.56. The fourth-order valence-corrected chi connectivity index (χ4v) is 4.32. The summed E-state index contributed by atoms with van der Waals surface area (Å²) in [5, 5.41) is 0.626. The van der Waals surface area contributed by atoms with Gasteiger partial charge in [-0.2, -0.15) is 0 Å². The maximum absolute atomic E-state index is 12.5. The van der Waals surface area contributed by atoms with Gasteiger partial charge >= 0.3 is 0 Å². The molecule has 2 heterocycles. The molecule has 1 aromatic carbocycles. The number of likely N-dealkylation sites (tertiary alicyclic amines) is 1. The molecule has 26 heavy (non-hydrogen) atoms. The summed E-state index contributed by atoms with van der Waals surface area (Å²) in [5.74, 6) is 2.44. The van der Waals surface area contributed by atoms with Crippen LogP contribution in [0.15, 0.2) is 34.9 Å². The van der Waals surface area contributed by atoms with Gasteiger partial charge in [0.05, 0.1) is 11.2 Å². The van der Waals surface area contributed by atoms with Crippen molar-refractivity contribution in [1.82, 2.24) is 9.88 Å². The van der Waals surface area contributed by atoms with Gasteiger partial charge in [-0.25, -0.2) is 4.98 Å². The van der Waals surface area contributed by atoms with Gasteiger partial charge in [-0.3, -0.25) is 4.79 Å². The van der Waals surface area contributed by atoms with Gasteiger partial charge in [0.25, 0.3) is 0 Å². The number of amides is 1. The molecule has 5 nitrogen and oxygen atoms in total. The largest absolute Gasteiger partial charge is 0.441 e. The number of fused-ring (bicyclic) bond motifs is 1. The zero-order valence-electron chi connectivity index (χ0n) is 14.4. The van der Waals surface area contributed by atoms with Crippen molar-refractivity contribution in [2.75, 3.05) is 13.1 Å². The van der Waals surface area contributed by atoms with E-state index in [-0.39, 0.29) is 24.4 Å². The zero-order chi connectivity index (χ0) is 17.4. The molecular formula is C19H23Cl2N3O2. The van der Waals surface area contributed by atoms with Crippen LogP contribution in [0.1, 0.15) is 25.2 Å². The highest BCUT2D eigenvalue weighted by atomic mass is 35.5. The number of aromatic nitrogens is 1. The van der Waals surface area contributed by atoms with Crippen LogP contribution in [-0.2, 0) is 11.2 Å². The summed E-state index contributed by atoms with van der Waals surface area (Å²) in [4.78, 5) is 18.7. The normalized spacial score (nSPS) is 24.4. The van der Waals surface area contributed by atoms with E-state index in [2.05, 4.69) is 4.98 Å². The predicted molar refractivity (Wildman–Crippen MR) is 103 cm³/mol. The number of rotatable bonds is 4. The SMILES string of the molecule is Cl.NC1CCC2CN(C(=O)CCc3ncc(-c4ccccc4Cl)o3)CC12. The van der Waals surface area contributed by atoms with Crippen molar-refractivity contribution >= 4 is 29.9 Å². The molecule has 1 aliphatic heterocycles. The topological polar surface area (TPSA) is 72.4 Å². The van der Waals surface area contributed by atoms with Crippen LogP contribution in [0.25, 0.3) is 11.3 Å². The summed E-state index contributed by atoms with van der Waals surface area (Å²) >= 11 is 6.18. The third-order valence-electron chi connectivity index (χ3n) is 5.51. The molecule has 7 heteroatoms. The molecule has 0 radical (unpaired) electrons. The molecule has 1 aliphatic carbocycles. The number of aryl methyl sites for hydroxylation is 1. The third-order valence-corrected chi connectivity index (χ3v) is 5.84. The third kappa shape index (κ3) is 3.75. The summed E-state index contributed by atoms with van der Waals surface area (Å²) < 4.78 is 5.77. The maximum atomic E-state index is 12.5. The average molecular weight is 396 g/mol. The number of benzene rings is 1. The summed E-state index contributed by atoms with van der Waals surface area (Å²) in [6, 6.07) is 7.75. The minimum absolute atomic E-state index is 0. The van der Waals surface area contributed by atoms with Crippen LogP contribution in [-0.4, -0.2) is 34.9 Å². The Morgan fingerprint density at radius 3 is 2.88 bits per heavy atom. The Bertz CT molecular complexity index is 780. The van der Waals surface area contributed by atoms with E-state index >= 15 is 0 Å². The van der Waals surface area contributed by atoms with Gasteiger partial charge in [0.1, 0.15) is 0 Å². The Morgan fingerprint density at radius 1 is 1.31 bits per heavy atom. The van der Waals surface area contributed by atoms with E-state index in [4.69, 9.17) is 21.8 Å². The lowest BCUT2D eigenvalue weighted by atomic mass is 9.98. The quantitative estimate of drug-likeness (QED) is 0.858. The van der Waals surface area contributed by atoms with Crippen LogP contribution in [0.5, 0.6) is 0 Å². The lowest BCUT2D eigenvalue weighted by molar-refractivity contribution is -0.130. The van der Waals surface area contributed by atoms with E-state index in [0.29, 0.717) is 41.4 Å². The monoisotopic (exact) mass is 395 g/mol. The van der Waals surface area contributed by atoms with Gasteiger partial charge < -0.3 is 15.1 Å². The molecule has 1 amide bonds. The second-order valence-corrected chi connectivity index (χ2v) is 7.47. The fraction of sp³-hybridized carbons (Fsp3) is 0.474. The summed E-state index contributed by atoms with van der Waals surface area (Å²) in [7, 11) is 0. The standard InChI is InChI=1S/C19H22ClN3O2.ClH/c20-15-4-2-1-3-13(15)17-9-22-18(25-17)7-8-19(24)23-10-12-5-6-16(21)14(12)11-23;/h1-4,9,12,14,16H,5-8,10-11,21H2;1H. The number of hydrogen-bond acceptors (Lipinski definition) is 4. The van der Waals surface area contributed by atoms with Gasteiger partial charge in [0.15, 0.2) is 11.7 Å². The number of carbonyl (C=O) groups is 1. The van der Waals surface area contributed by atoms with Crippen molar-refractivity contribution in [3.05, 3.63) is 41.4 Å². The number of nitrogens with zero attached hydrogens (tertiary/aromatic N) is 2. The van der Waals surface area contributed by atoms with Crippen molar-refractivity contribution in [2.24, 2.45) is 17.6 Å². The highest BCUT2D eigenvalue weighted by molar-refractivity contribution is 6.33. The van der Waals surface area contributed by atoms with E-state index in [1.807, 2.05) is 29.2 Å². The summed E-state index contributed by atoms with van der Waals surface area (Å²) in [5.41, 5.74) is 6.96. The number of halogens is 2. The smallest absolute Gasteiger partial charge is 0.223 e. The van der Waals surface area contributed by atoms with Crippen molar-refractivity contribution < 1.29 is 9.21 Å². The second kappa shape index (κ2) is 7.99. The number of nitrogens with two attached hydrogens (primary N) is 1. The van der Waals surface area contributed by atoms with Crippen molar-refractivity contribution in [3.63, 3.8) is 0 Å². The van der Waals surface area contributed by atoms with Gasteiger partial charge in [0, 0.05) is 37.5 Å². The molecule has 2 aromatic rings. The summed E-state index contributed by atoms with van der Waals surface area (Å²) in [6.45, 7) is 1.66. The Balaban J connectivity index is 0.00000196. The van der Waals surface area contributed by atoms with Crippen molar-refractivity contribution in [2.45, 2.75) is 31.7 Å². The first kappa shape index (κ1) is 19.2. The van der Waals surface area contributed by atoms with E-state index in [9.17, 15) is 4.79 Å². The highest BCUT2D eigenvalue weighted by Gasteiger charge is 2.42. The van der Waals surface area contributed by atoms with Crippen LogP contribution in [0.2, 0.25) is 5.02 Å². The van der Waals surface area contributed by atoms with Crippen LogP contribution >= 0.6 is 24.0 Å². The molecule has 1 saturated heterocycles. The van der Waals surface area contributed by atoms with Gasteiger partial charge in [-0.15, -0.1) is 12.4 Å². The Labute approximate surface area is 164 Å². The van der Waals surface area contributed by atoms with Crippen LogP contribution in [0.4, 0.5) is 0 Å². The number of oxazole rings is 1. The zero-order valence-corrected chi connectivity index (χ0v) is 16.0. The molecule has 0 spiro atoms. The first-order chi connectivity index (χ1) is 12.1. The Kier molecular flexibility index (Phi) is 5.90. The van der Waals surface area contributed by atoms with Gasteiger partial charge in [0.2, 0.25) is 5.91 Å². The molecule has 0 bridgehead atoms. The first-order valence-corrected chi connectivity index (χ1v) is 9.22. The molecule has 140 valence electrons. The minimum atomic E-state index is 0. The average Bonchev–Trinajstić information content (AvgIpc) is 3.31. The molecule has 1 saturated carbocycles. The van der Waals surface area contributed by atoms with E-state index in [1.54, 1.807) is 6.20 Å². The number of carbonyl (C=O) groups excluding carboxylic acids is 1. The first-order valence-electron chi connectivity index (χ1n) is 8.85. The molecule has 2 fully saturated rings. The lowest BCUT2D eigenvalue weighted by Crippen LogP contribution is -2.33. The summed E-state index contributed by atoms with van der Waals surface area (Å²) in [6.07, 6.45) is 4.83. The molecular weight excluding hydrogens is 373 g/mol. The van der Waals surface area contributed by atoms with E-state index < -0.39 is 0 Å². The van der Waals surface area contributed by atoms with Crippen molar-refractivity contribution in [3.8, 4) is 11.3 Å². The lowest BCUT2D eigenvalue weighted by Gasteiger charge is -2.18. The van der Waals surface area contributed by atoms with Crippen LogP contribution in [0.3, 0.4) is 0 Å². The van der Waals surface area contributed by atoms with Crippen molar-refractivity contribution in [1.29, 1.82) is 0 Å². The maximum Gasteiger partial charge on any atom is 0.223 e. The Morgan fingerprint density at radius 2 is 2.12 bits per heavy atom. The fourth-order valence-electron chi connectivity index (χ4n) is 4.09. The molecule has 2 aliphatic rings. The molecule has 3 atom stereocenters. The minimum Gasteiger partial charge on any atom is -0.441 e.